The van der Waals surface area contributed by atoms with Gasteiger partial charge >= 0.3 is 0 Å². The molecule has 3 N–H and O–H groups in total. The van der Waals surface area contributed by atoms with Crippen molar-refractivity contribution in [2.75, 3.05) is 26.2 Å². The van der Waals surface area contributed by atoms with Crippen molar-refractivity contribution in [3.05, 3.63) is 58.3 Å². The molecule has 2 rings (SSSR count). The van der Waals surface area contributed by atoms with Gasteiger partial charge < -0.3 is 16.0 Å². The molecule has 5 nitrogen and oxygen atoms in total. The number of carbonyl (C=O) groups is 1. The van der Waals surface area contributed by atoms with Gasteiger partial charge in [0.05, 0.1) is 0 Å². The van der Waals surface area contributed by atoms with Crippen molar-refractivity contribution >= 4 is 23.2 Å². The molecule has 0 bridgehead atoms. The predicted molar refractivity (Wildman–Crippen MR) is 115 cm³/mol. The van der Waals surface area contributed by atoms with Gasteiger partial charge in [-0.1, -0.05) is 31.2 Å². The van der Waals surface area contributed by atoms with E-state index >= 15 is 0 Å². The largest absolute Gasteiger partial charge is 0.357 e. The summed E-state index contributed by atoms with van der Waals surface area (Å²) in [6.07, 6.45) is 1.90. The first-order valence-corrected chi connectivity index (χ1v) is 10.4. The summed E-state index contributed by atoms with van der Waals surface area (Å²) in [6.45, 7) is 7.31. The molecule has 146 valence electrons. The van der Waals surface area contributed by atoms with Crippen LogP contribution >= 0.6 is 11.3 Å². The number of carbonyl (C=O) groups excluding carboxylic acids is 1. The van der Waals surface area contributed by atoms with Crippen LogP contribution in [0.3, 0.4) is 0 Å². The lowest BCUT2D eigenvalue weighted by Gasteiger charge is -2.13. The van der Waals surface area contributed by atoms with Gasteiger partial charge in [-0.3, -0.25) is 9.79 Å². The molecule has 1 heterocycles. The Balaban J connectivity index is 1.66. The fraction of sp³-hybridized carbons (Fsp3) is 0.429. The lowest BCUT2D eigenvalue weighted by Crippen LogP contribution is -2.39. The standard InChI is InChI=1S/C21H30N4OS/c1-3-22-21(25-16-17(2)15-19-11-7-14-27-19)24-13-8-12-23-20(26)18-9-5-4-6-10-18/h4-7,9-11,14,17H,3,8,12-13,15-16H2,1-2H3,(H,23,26)(H2,22,24,25). The first kappa shape index (κ1) is 21.0. The second kappa shape index (κ2) is 12.1. The fourth-order valence-electron chi connectivity index (χ4n) is 2.61. The molecule has 27 heavy (non-hydrogen) atoms. The number of hydrogen-bond acceptors (Lipinski definition) is 3. The minimum atomic E-state index is -0.0291. The zero-order valence-electron chi connectivity index (χ0n) is 16.2. The Labute approximate surface area is 166 Å². The van der Waals surface area contributed by atoms with Crippen LogP contribution in [0, 0.1) is 5.92 Å². The van der Waals surface area contributed by atoms with Crippen molar-refractivity contribution in [1.29, 1.82) is 0 Å². The summed E-state index contributed by atoms with van der Waals surface area (Å²) in [4.78, 5) is 18.1. The van der Waals surface area contributed by atoms with Crippen LogP contribution < -0.4 is 16.0 Å². The smallest absolute Gasteiger partial charge is 0.251 e. The zero-order chi connectivity index (χ0) is 19.3. The normalized spacial score (nSPS) is 12.4. The maximum Gasteiger partial charge on any atom is 0.251 e. The number of benzene rings is 1. The Morgan fingerprint density at radius 1 is 1.07 bits per heavy atom. The minimum Gasteiger partial charge on any atom is -0.357 e. The van der Waals surface area contributed by atoms with E-state index in [4.69, 9.17) is 0 Å². The Bertz CT molecular complexity index is 685. The highest BCUT2D eigenvalue weighted by Crippen LogP contribution is 2.14. The number of nitrogens with zero attached hydrogens (tertiary/aromatic N) is 1. The molecule has 0 radical (unpaired) electrons. The maximum atomic E-state index is 12.0. The SMILES string of the molecule is CCNC(=NCC(C)Cc1cccs1)NCCCNC(=O)c1ccccc1. The Kier molecular flexibility index (Phi) is 9.41. The van der Waals surface area contributed by atoms with Gasteiger partial charge in [0.1, 0.15) is 0 Å². The molecule has 0 saturated heterocycles. The van der Waals surface area contributed by atoms with Crippen LogP contribution in [0.1, 0.15) is 35.5 Å². The third-order valence-electron chi connectivity index (χ3n) is 4.00. The molecule has 0 aliphatic rings. The summed E-state index contributed by atoms with van der Waals surface area (Å²) < 4.78 is 0. The molecule has 1 unspecified atom stereocenters. The Hall–Kier alpha value is -2.34. The lowest BCUT2D eigenvalue weighted by atomic mass is 10.1. The molecule has 6 heteroatoms. The second-order valence-corrected chi connectivity index (χ2v) is 7.54. The van der Waals surface area contributed by atoms with Gasteiger partial charge in [-0.05, 0) is 49.3 Å². The summed E-state index contributed by atoms with van der Waals surface area (Å²) in [7, 11) is 0. The van der Waals surface area contributed by atoms with Crippen molar-refractivity contribution in [2.45, 2.75) is 26.7 Å². The molecular formula is C21H30N4OS. The molecule has 0 spiro atoms. The zero-order valence-corrected chi connectivity index (χ0v) is 17.0. The van der Waals surface area contributed by atoms with Gasteiger partial charge in [0.15, 0.2) is 5.96 Å². The highest BCUT2D eigenvalue weighted by atomic mass is 32.1. The van der Waals surface area contributed by atoms with E-state index in [0.29, 0.717) is 18.0 Å². The molecule has 0 saturated carbocycles. The molecule has 0 aliphatic carbocycles. The number of rotatable bonds is 10. The van der Waals surface area contributed by atoms with Gasteiger partial charge in [0.25, 0.3) is 5.91 Å². The van der Waals surface area contributed by atoms with E-state index in [1.54, 1.807) is 11.3 Å². The predicted octanol–water partition coefficient (Wildman–Crippen LogP) is 3.30. The summed E-state index contributed by atoms with van der Waals surface area (Å²) in [5.74, 6) is 1.31. The van der Waals surface area contributed by atoms with E-state index in [2.05, 4.69) is 52.3 Å². The molecule has 1 aromatic carbocycles. The monoisotopic (exact) mass is 386 g/mol. The fourth-order valence-corrected chi connectivity index (χ4v) is 3.48. The molecular weight excluding hydrogens is 356 g/mol. The van der Waals surface area contributed by atoms with Gasteiger partial charge in [-0.2, -0.15) is 0 Å². The van der Waals surface area contributed by atoms with E-state index in [9.17, 15) is 4.79 Å². The Morgan fingerprint density at radius 2 is 1.85 bits per heavy atom. The van der Waals surface area contributed by atoms with Crippen LogP contribution in [0.15, 0.2) is 52.8 Å². The molecule has 1 aromatic heterocycles. The van der Waals surface area contributed by atoms with Gasteiger partial charge in [-0.15, -0.1) is 11.3 Å². The summed E-state index contributed by atoms with van der Waals surface area (Å²) in [5.41, 5.74) is 0.695. The Morgan fingerprint density at radius 3 is 2.56 bits per heavy atom. The van der Waals surface area contributed by atoms with E-state index in [1.807, 2.05) is 30.3 Å². The van der Waals surface area contributed by atoms with Crippen LogP contribution in [-0.2, 0) is 6.42 Å². The number of nitrogens with one attached hydrogen (secondary N) is 3. The van der Waals surface area contributed by atoms with E-state index in [1.165, 1.54) is 4.88 Å². The van der Waals surface area contributed by atoms with Gasteiger partial charge in [0.2, 0.25) is 0 Å². The number of amides is 1. The topological polar surface area (TPSA) is 65.5 Å². The highest BCUT2D eigenvalue weighted by molar-refractivity contribution is 7.09. The highest BCUT2D eigenvalue weighted by Gasteiger charge is 2.06. The second-order valence-electron chi connectivity index (χ2n) is 6.51. The quantitative estimate of drug-likeness (QED) is 0.333. The third kappa shape index (κ3) is 8.26. The summed E-state index contributed by atoms with van der Waals surface area (Å²) in [5, 5.41) is 11.7. The molecule has 1 amide bonds. The number of thiophene rings is 1. The third-order valence-corrected chi connectivity index (χ3v) is 4.90. The molecule has 2 aromatic rings. The van der Waals surface area contributed by atoms with Crippen molar-refractivity contribution in [3.63, 3.8) is 0 Å². The van der Waals surface area contributed by atoms with Crippen molar-refractivity contribution < 1.29 is 4.79 Å². The number of hydrogen-bond donors (Lipinski definition) is 3. The van der Waals surface area contributed by atoms with Crippen LogP contribution in [0.5, 0.6) is 0 Å². The van der Waals surface area contributed by atoms with Gasteiger partial charge in [0, 0.05) is 36.6 Å². The van der Waals surface area contributed by atoms with Crippen LogP contribution in [0.2, 0.25) is 0 Å². The number of guanidine groups is 1. The van der Waals surface area contributed by atoms with Crippen molar-refractivity contribution in [3.8, 4) is 0 Å². The van der Waals surface area contributed by atoms with Crippen molar-refractivity contribution in [1.82, 2.24) is 16.0 Å². The average Bonchev–Trinajstić information content (AvgIpc) is 3.19. The minimum absolute atomic E-state index is 0.0291. The van der Waals surface area contributed by atoms with Gasteiger partial charge in [-0.25, -0.2) is 0 Å². The van der Waals surface area contributed by atoms with E-state index in [0.717, 1.165) is 38.4 Å². The van der Waals surface area contributed by atoms with Crippen LogP contribution in [0.4, 0.5) is 0 Å². The number of aliphatic imine (C=N–C) groups is 1. The first-order chi connectivity index (χ1) is 13.2. The van der Waals surface area contributed by atoms with E-state index in [-0.39, 0.29) is 5.91 Å². The lowest BCUT2D eigenvalue weighted by molar-refractivity contribution is 0.0953. The molecule has 1 atom stereocenters. The summed E-state index contributed by atoms with van der Waals surface area (Å²) >= 11 is 1.80. The maximum absolute atomic E-state index is 12.0. The first-order valence-electron chi connectivity index (χ1n) is 9.56. The molecule has 0 aliphatic heterocycles. The van der Waals surface area contributed by atoms with Crippen LogP contribution in [-0.4, -0.2) is 38.0 Å². The van der Waals surface area contributed by atoms with Crippen molar-refractivity contribution in [2.24, 2.45) is 10.9 Å². The average molecular weight is 387 g/mol. The molecule has 0 fully saturated rings. The van der Waals surface area contributed by atoms with Crippen LogP contribution in [0.25, 0.3) is 0 Å². The van der Waals surface area contributed by atoms with E-state index < -0.39 is 0 Å². The summed E-state index contributed by atoms with van der Waals surface area (Å²) in [6, 6.07) is 13.6.